The monoisotopic (exact) mass is 467 g/mol. The Morgan fingerprint density at radius 3 is 2.65 bits per heavy atom. The number of benzene rings is 1. The minimum atomic E-state index is 0. The second-order valence-corrected chi connectivity index (χ2v) is 5.70. The summed E-state index contributed by atoms with van der Waals surface area (Å²) in [5.74, 6) is 1.21. The van der Waals surface area contributed by atoms with E-state index in [2.05, 4.69) is 26.2 Å². The van der Waals surface area contributed by atoms with E-state index in [1.54, 1.807) is 18.4 Å². The average Bonchev–Trinajstić information content (AvgIpc) is 2.83. The number of nitrogens with one attached hydrogen (secondary N) is 1. The van der Waals surface area contributed by atoms with Crippen molar-refractivity contribution in [2.24, 2.45) is 10.7 Å². The van der Waals surface area contributed by atoms with Gasteiger partial charge in [-0.2, -0.15) is 0 Å². The second-order valence-electron chi connectivity index (χ2n) is 3.79. The van der Waals surface area contributed by atoms with Gasteiger partial charge in [0.25, 0.3) is 0 Å². The fourth-order valence-corrected chi connectivity index (χ4v) is 2.84. The number of hydrogen-bond donors (Lipinski definition) is 2. The number of guanidine groups is 1. The van der Waals surface area contributed by atoms with Crippen LogP contribution in [0, 0.1) is 0 Å². The van der Waals surface area contributed by atoms with Crippen LogP contribution in [0.1, 0.15) is 4.88 Å². The quantitative estimate of drug-likeness (QED) is 0.405. The molecule has 4 nitrogen and oxygen atoms in total. The molecule has 7 heteroatoms. The fourth-order valence-electron chi connectivity index (χ4n) is 1.46. The van der Waals surface area contributed by atoms with Gasteiger partial charge in [-0.15, -0.1) is 35.3 Å². The van der Waals surface area contributed by atoms with Gasteiger partial charge >= 0.3 is 0 Å². The minimum absolute atomic E-state index is 0. The number of aliphatic imine (C=N–C) groups is 1. The molecule has 2 aromatic rings. The third kappa shape index (κ3) is 5.29. The summed E-state index contributed by atoms with van der Waals surface area (Å²) in [7, 11) is 1.64. The first kappa shape index (κ1) is 17.3. The Morgan fingerprint density at radius 1 is 1.40 bits per heavy atom. The van der Waals surface area contributed by atoms with E-state index >= 15 is 0 Å². The van der Waals surface area contributed by atoms with Crippen molar-refractivity contribution in [1.82, 2.24) is 0 Å². The summed E-state index contributed by atoms with van der Waals surface area (Å²) < 4.78 is 6.16. The number of rotatable bonds is 4. The molecule has 0 aliphatic carbocycles. The molecule has 1 aromatic heterocycles. The van der Waals surface area contributed by atoms with Crippen LogP contribution < -0.4 is 15.8 Å². The maximum atomic E-state index is 5.83. The fraction of sp³-hybridized carbons (Fsp3) is 0.154. The van der Waals surface area contributed by atoms with E-state index in [0.29, 0.717) is 12.5 Å². The summed E-state index contributed by atoms with van der Waals surface area (Å²) >= 11 is 5.06. The summed E-state index contributed by atoms with van der Waals surface area (Å²) in [4.78, 5) is 5.45. The molecule has 0 unspecified atom stereocenters. The Morgan fingerprint density at radius 2 is 2.10 bits per heavy atom. The summed E-state index contributed by atoms with van der Waals surface area (Å²) in [6, 6.07) is 9.55. The second kappa shape index (κ2) is 8.48. The van der Waals surface area contributed by atoms with Crippen molar-refractivity contribution in [1.29, 1.82) is 0 Å². The van der Waals surface area contributed by atoms with Gasteiger partial charge in [0.2, 0.25) is 0 Å². The molecule has 0 atom stereocenters. The van der Waals surface area contributed by atoms with Gasteiger partial charge in [0.15, 0.2) is 5.96 Å². The molecule has 3 N–H and O–H groups in total. The van der Waals surface area contributed by atoms with Gasteiger partial charge in [-0.1, -0.05) is 0 Å². The zero-order valence-corrected chi connectivity index (χ0v) is 15.5. The van der Waals surface area contributed by atoms with Gasteiger partial charge in [-0.05, 0) is 46.3 Å². The number of ether oxygens (including phenoxy) is 1. The van der Waals surface area contributed by atoms with Crippen LogP contribution >= 0.6 is 51.2 Å². The molecule has 1 heterocycles. The number of thiophene rings is 1. The molecular weight excluding hydrogens is 453 g/mol. The van der Waals surface area contributed by atoms with Crippen molar-refractivity contribution in [2.45, 2.75) is 6.54 Å². The lowest BCUT2D eigenvalue weighted by atomic mass is 10.3. The van der Waals surface area contributed by atoms with Crippen LogP contribution in [0.15, 0.2) is 45.2 Å². The molecule has 0 aliphatic heterocycles. The van der Waals surface area contributed by atoms with Gasteiger partial charge in [0, 0.05) is 20.4 Å². The van der Waals surface area contributed by atoms with Crippen LogP contribution in [0.5, 0.6) is 5.75 Å². The van der Waals surface area contributed by atoms with Crippen molar-refractivity contribution < 1.29 is 4.74 Å². The lowest BCUT2D eigenvalue weighted by Crippen LogP contribution is -2.22. The highest BCUT2D eigenvalue weighted by atomic mass is 127. The highest BCUT2D eigenvalue weighted by molar-refractivity contribution is 14.0. The molecule has 0 aliphatic rings. The number of methoxy groups -OCH3 is 1. The zero-order chi connectivity index (χ0) is 13.7. The van der Waals surface area contributed by atoms with Gasteiger partial charge in [-0.25, -0.2) is 4.99 Å². The Kier molecular flexibility index (Phi) is 7.31. The Hall–Kier alpha value is -0.800. The van der Waals surface area contributed by atoms with E-state index in [-0.39, 0.29) is 24.0 Å². The summed E-state index contributed by atoms with van der Waals surface area (Å²) in [6.45, 7) is 0.575. The summed E-state index contributed by atoms with van der Waals surface area (Å²) in [6.07, 6.45) is 0. The van der Waals surface area contributed by atoms with Gasteiger partial charge < -0.3 is 15.8 Å². The molecule has 0 fully saturated rings. The Balaban J connectivity index is 0.00000200. The van der Waals surface area contributed by atoms with E-state index in [4.69, 9.17) is 10.5 Å². The van der Waals surface area contributed by atoms with Crippen molar-refractivity contribution in [3.63, 3.8) is 0 Å². The maximum absolute atomic E-state index is 5.83. The number of nitrogens with zero attached hydrogens (tertiary/aromatic N) is 1. The van der Waals surface area contributed by atoms with Crippen LogP contribution in [0.25, 0.3) is 0 Å². The topological polar surface area (TPSA) is 59.6 Å². The number of halogens is 2. The number of hydrogen-bond acceptors (Lipinski definition) is 3. The van der Waals surface area contributed by atoms with Crippen molar-refractivity contribution in [3.05, 3.63) is 45.1 Å². The molecule has 1 aromatic carbocycles. The third-order valence-corrected chi connectivity index (χ3v) is 4.07. The molecule has 0 saturated heterocycles. The van der Waals surface area contributed by atoms with E-state index in [9.17, 15) is 0 Å². The predicted molar refractivity (Wildman–Crippen MR) is 99.4 cm³/mol. The SMILES string of the molecule is COc1ccc(NC(N)=NCc2cc(Br)cs2)cc1.I. The third-order valence-electron chi connectivity index (χ3n) is 2.39. The molecule has 0 bridgehead atoms. The van der Waals surface area contributed by atoms with Gasteiger partial charge in [-0.3, -0.25) is 0 Å². The average molecular weight is 468 g/mol. The first-order chi connectivity index (χ1) is 9.17. The minimum Gasteiger partial charge on any atom is -0.497 e. The van der Waals surface area contributed by atoms with Crippen molar-refractivity contribution >= 4 is 62.9 Å². The van der Waals surface area contributed by atoms with Crippen LogP contribution in [0.2, 0.25) is 0 Å². The number of nitrogens with two attached hydrogens (primary N) is 1. The Bertz CT molecular complexity index is 571. The maximum Gasteiger partial charge on any atom is 0.193 e. The van der Waals surface area contributed by atoms with Crippen molar-refractivity contribution in [3.8, 4) is 5.75 Å². The lowest BCUT2D eigenvalue weighted by molar-refractivity contribution is 0.415. The van der Waals surface area contributed by atoms with E-state index < -0.39 is 0 Å². The van der Waals surface area contributed by atoms with E-state index in [1.165, 1.54) is 0 Å². The highest BCUT2D eigenvalue weighted by Crippen LogP contribution is 2.20. The Labute approximate surface area is 147 Å². The van der Waals surface area contributed by atoms with Crippen LogP contribution in [-0.4, -0.2) is 13.1 Å². The smallest absolute Gasteiger partial charge is 0.193 e. The van der Waals surface area contributed by atoms with E-state index in [1.807, 2.05) is 35.7 Å². The van der Waals surface area contributed by atoms with Crippen molar-refractivity contribution in [2.75, 3.05) is 12.4 Å². The van der Waals surface area contributed by atoms with Crippen LogP contribution in [-0.2, 0) is 6.54 Å². The standard InChI is InChI=1S/C13H14BrN3OS.HI/c1-18-11-4-2-10(3-5-11)17-13(15)16-7-12-6-9(14)8-19-12;/h2-6,8H,7H2,1H3,(H3,15,16,17);1H. The molecular formula is C13H15BrIN3OS. The summed E-state index contributed by atoms with van der Waals surface area (Å²) in [5, 5.41) is 5.06. The largest absolute Gasteiger partial charge is 0.497 e. The van der Waals surface area contributed by atoms with E-state index in [0.717, 1.165) is 20.8 Å². The first-order valence-electron chi connectivity index (χ1n) is 5.61. The number of anilines is 1. The summed E-state index contributed by atoms with van der Waals surface area (Å²) in [5.41, 5.74) is 6.72. The van der Waals surface area contributed by atoms with Gasteiger partial charge in [0.1, 0.15) is 5.75 Å². The predicted octanol–water partition coefficient (Wildman–Crippen LogP) is 4.06. The molecule has 108 valence electrons. The molecule has 0 radical (unpaired) electrons. The lowest BCUT2D eigenvalue weighted by Gasteiger charge is -2.06. The molecule has 0 saturated carbocycles. The molecule has 0 amide bonds. The molecule has 20 heavy (non-hydrogen) atoms. The zero-order valence-electron chi connectivity index (χ0n) is 10.8. The highest BCUT2D eigenvalue weighted by Gasteiger charge is 1.98. The molecule has 2 rings (SSSR count). The van der Waals surface area contributed by atoms with Crippen LogP contribution in [0.3, 0.4) is 0 Å². The van der Waals surface area contributed by atoms with Crippen LogP contribution in [0.4, 0.5) is 5.69 Å². The molecule has 0 spiro atoms. The normalized spacial score (nSPS) is 10.8. The van der Waals surface area contributed by atoms with Gasteiger partial charge in [0.05, 0.1) is 13.7 Å². The first-order valence-corrected chi connectivity index (χ1v) is 7.28.